The van der Waals surface area contributed by atoms with Crippen molar-refractivity contribution in [2.75, 3.05) is 13.1 Å². The second-order valence-electron chi connectivity index (χ2n) is 4.74. The van der Waals surface area contributed by atoms with Crippen molar-refractivity contribution in [3.8, 4) is 0 Å². The van der Waals surface area contributed by atoms with Gasteiger partial charge in [0.25, 0.3) is 0 Å². The van der Waals surface area contributed by atoms with Crippen LogP contribution < -0.4 is 5.73 Å². The van der Waals surface area contributed by atoms with Crippen LogP contribution in [0.25, 0.3) is 0 Å². The van der Waals surface area contributed by atoms with Crippen LogP contribution in [0.15, 0.2) is 18.2 Å². The molecule has 0 aliphatic carbocycles. The molecule has 1 aromatic rings. The Morgan fingerprint density at radius 1 is 1.20 bits per heavy atom. The van der Waals surface area contributed by atoms with E-state index >= 15 is 0 Å². The summed E-state index contributed by atoms with van der Waals surface area (Å²) in [6.45, 7) is 0.982. The predicted molar refractivity (Wildman–Crippen MR) is 85.1 cm³/mol. The van der Waals surface area contributed by atoms with Crippen LogP contribution in [-0.4, -0.2) is 31.9 Å². The number of nitrogens with two attached hydrogens (primary N) is 1. The molecule has 20 heavy (non-hydrogen) atoms. The lowest BCUT2D eigenvalue weighted by atomic mass is 10.1. The third-order valence-electron chi connectivity index (χ3n) is 3.23. The summed E-state index contributed by atoms with van der Waals surface area (Å²) >= 11 is 11.7. The Hall–Kier alpha value is -0.0400. The molecule has 1 aliphatic rings. The molecule has 1 fully saturated rings. The van der Waals surface area contributed by atoms with Gasteiger partial charge in [-0.2, -0.15) is 0 Å². The highest BCUT2D eigenvalue weighted by atomic mass is 35.5. The van der Waals surface area contributed by atoms with Gasteiger partial charge in [0, 0.05) is 19.1 Å². The number of sulfonamides is 1. The van der Waals surface area contributed by atoms with Crippen LogP contribution in [0.1, 0.15) is 18.4 Å². The molecule has 0 amide bonds. The monoisotopic (exact) mass is 358 g/mol. The summed E-state index contributed by atoms with van der Waals surface area (Å²) in [5, 5.41) is 0.793. The minimum Gasteiger partial charge on any atom is -0.328 e. The Balaban J connectivity index is 0.00000200. The average Bonchev–Trinajstić information content (AvgIpc) is 2.34. The number of hydrogen-bond donors (Lipinski definition) is 1. The zero-order valence-electron chi connectivity index (χ0n) is 10.8. The van der Waals surface area contributed by atoms with Gasteiger partial charge in [-0.1, -0.05) is 29.3 Å². The second-order valence-corrected chi connectivity index (χ2v) is 7.52. The number of hydrogen-bond acceptors (Lipinski definition) is 3. The molecule has 1 heterocycles. The average molecular weight is 360 g/mol. The molecule has 0 radical (unpaired) electrons. The highest BCUT2D eigenvalue weighted by Crippen LogP contribution is 2.24. The molecule has 0 aromatic heterocycles. The molecule has 0 saturated carbocycles. The van der Waals surface area contributed by atoms with Crippen molar-refractivity contribution in [1.29, 1.82) is 0 Å². The number of piperidine rings is 1. The van der Waals surface area contributed by atoms with E-state index in [9.17, 15) is 8.42 Å². The van der Waals surface area contributed by atoms with E-state index in [1.807, 2.05) is 0 Å². The summed E-state index contributed by atoms with van der Waals surface area (Å²) in [5.41, 5.74) is 6.42. The summed E-state index contributed by atoms with van der Waals surface area (Å²) in [6.07, 6.45) is 1.42. The molecule has 1 aliphatic heterocycles. The van der Waals surface area contributed by atoms with Crippen molar-refractivity contribution in [3.05, 3.63) is 33.8 Å². The van der Waals surface area contributed by atoms with Gasteiger partial charge >= 0.3 is 0 Å². The lowest BCUT2D eigenvalue weighted by molar-refractivity contribution is 0.319. The van der Waals surface area contributed by atoms with Crippen molar-refractivity contribution in [2.24, 2.45) is 5.73 Å². The third kappa shape index (κ3) is 4.48. The smallest absolute Gasteiger partial charge is 0.218 e. The Morgan fingerprint density at radius 2 is 1.80 bits per heavy atom. The quantitative estimate of drug-likeness (QED) is 0.902. The minimum absolute atomic E-state index is 0. The summed E-state index contributed by atoms with van der Waals surface area (Å²) in [5.74, 6) is -0.0564. The molecule has 0 bridgehead atoms. The molecule has 1 saturated heterocycles. The second kappa shape index (κ2) is 7.29. The first-order valence-electron chi connectivity index (χ1n) is 6.06. The zero-order chi connectivity index (χ0) is 14.0. The van der Waals surface area contributed by atoms with Crippen LogP contribution in [-0.2, 0) is 15.8 Å². The molecule has 0 atom stereocenters. The van der Waals surface area contributed by atoms with Crippen LogP contribution in [0.2, 0.25) is 10.0 Å². The minimum atomic E-state index is -3.31. The number of nitrogens with zero attached hydrogens (tertiary/aromatic N) is 1. The van der Waals surface area contributed by atoms with Crippen LogP contribution in [0.3, 0.4) is 0 Å². The third-order valence-corrected chi connectivity index (χ3v) is 5.81. The first-order valence-corrected chi connectivity index (χ1v) is 8.42. The van der Waals surface area contributed by atoms with E-state index in [2.05, 4.69) is 0 Å². The maximum atomic E-state index is 12.3. The van der Waals surface area contributed by atoms with Gasteiger partial charge in [0.1, 0.15) is 0 Å². The van der Waals surface area contributed by atoms with E-state index in [1.54, 1.807) is 18.2 Å². The molecule has 4 nitrogen and oxygen atoms in total. The van der Waals surface area contributed by atoms with Crippen LogP contribution in [0.4, 0.5) is 0 Å². The molecular weight excluding hydrogens is 343 g/mol. The van der Waals surface area contributed by atoms with Gasteiger partial charge in [-0.25, -0.2) is 12.7 Å². The Labute approximate surface area is 135 Å². The van der Waals surface area contributed by atoms with Crippen molar-refractivity contribution in [1.82, 2.24) is 4.31 Å². The maximum absolute atomic E-state index is 12.3. The number of benzene rings is 1. The van der Waals surface area contributed by atoms with Crippen molar-refractivity contribution in [3.63, 3.8) is 0 Å². The van der Waals surface area contributed by atoms with E-state index in [1.165, 1.54) is 4.31 Å². The molecule has 8 heteroatoms. The molecule has 0 unspecified atom stereocenters. The summed E-state index contributed by atoms with van der Waals surface area (Å²) in [6, 6.07) is 5.00. The van der Waals surface area contributed by atoms with Gasteiger partial charge in [0.15, 0.2) is 0 Å². The number of halogens is 3. The van der Waals surface area contributed by atoms with Crippen LogP contribution in [0, 0.1) is 0 Å². The largest absolute Gasteiger partial charge is 0.328 e. The standard InChI is InChI=1S/C12H16Cl2N2O2S.ClH/c13-11-2-1-9(7-12(11)14)8-19(17,18)16-5-3-10(15)4-6-16;/h1-2,7,10H,3-6,8,15H2;1H. The summed E-state index contributed by atoms with van der Waals surface area (Å²) in [7, 11) is -3.31. The van der Waals surface area contributed by atoms with Gasteiger partial charge in [0.2, 0.25) is 10.0 Å². The van der Waals surface area contributed by atoms with Gasteiger partial charge in [-0.15, -0.1) is 12.4 Å². The van der Waals surface area contributed by atoms with Crippen molar-refractivity contribution in [2.45, 2.75) is 24.6 Å². The zero-order valence-corrected chi connectivity index (χ0v) is 13.9. The van der Waals surface area contributed by atoms with E-state index in [0.717, 1.165) is 0 Å². The SMILES string of the molecule is Cl.NC1CCN(S(=O)(=O)Cc2ccc(Cl)c(Cl)c2)CC1. The highest BCUT2D eigenvalue weighted by molar-refractivity contribution is 7.88. The van der Waals surface area contributed by atoms with E-state index in [-0.39, 0.29) is 24.2 Å². The summed E-state index contributed by atoms with van der Waals surface area (Å²) in [4.78, 5) is 0. The summed E-state index contributed by atoms with van der Waals surface area (Å²) < 4.78 is 26.0. The van der Waals surface area contributed by atoms with Crippen LogP contribution in [0.5, 0.6) is 0 Å². The van der Waals surface area contributed by atoms with Gasteiger partial charge in [-0.05, 0) is 30.5 Å². The highest BCUT2D eigenvalue weighted by Gasteiger charge is 2.26. The fourth-order valence-electron chi connectivity index (χ4n) is 2.09. The topological polar surface area (TPSA) is 63.4 Å². The fraction of sp³-hybridized carbons (Fsp3) is 0.500. The van der Waals surface area contributed by atoms with E-state index in [0.29, 0.717) is 41.5 Å². The van der Waals surface area contributed by atoms with Crippen molar-refractivity contribution >= 4 is 45.6 Å². The first kappa shape index (κ1) is 18.0. The molecular formula is C12H17Cl3N2O2S. The van der Waals surface area contributed by atoms with Crippen molar-refractivity contribution < 1.29 is 8.42 Å². The molecule has 2 N–H and O–H groups in total. The van der Waals surface area contributed by atoms with Gasteiger partial charge in [0.05, 0.1) is 15.8 Å². The van der Waals surface area contributed by atoms with E-state index in [4.69, 9.17) is 28.9 Å². The Morgan fingerprint density at radius 3 is 2.35 bits per heavy atom. The Bertz CT molecular complexity index is 558. The molecule has 2 rings (SSSR count). The van der Waals surface area contributed by atoms with E-state index < -0.39 is 10.0 Å². The fourth-order valence-corrected chi connectivity index (χ4v) is 3.96. The maximum Gasteiger partial charge on any atom is 0.218 e. The lowest BCUT2D eigenvalue weighted by Crippen LogP contribution is -2.43. The first-order chi connectivity index (χ1) is 8.88. The van der Waals surface area contributed by atoms with Gasteiger partial charge in [-0.3, -0.25) is 0 Å². The lowest BCUT2D eigenvalue weighted by Gasteiger charge is -2.29. The number of rotatable bonds is 3. The molecule has 1 aromatic carbocycles. The predicted octanol–water partition coefficient (Wildman–Crippen LogP) is 2.67. The van der Waals surface area contributed by atoms with Gasteiger partial charge < -0.3 is 5.73 Å². The molecule has 0 spiro atoms. The van der Waals surface area contributed by atoms with Crippen LogP contribution >= 0.6 is 35.6 Å². The normalized spacial score (nSPS) is 17.8. The molecule has 114 valence electrons. The Kier molecular flexibility index (Phi) is 6.57.